The van der Waals surface area contributed by atoms with E-state index in [0.717, 1.165) is 48.4 Å². The molecule has 2 aromatic carbocycles. The van der Waals surface area contributed by atoms with Crippen molar-refractivity contribution in [2.75, 3.05) is 36.0 Å². The lowest BCUT2D eigenvalue weighted by Crippen LogP contribution is -2.46. The second-order valence-corrected chi connectivity index (χ2v) is 9.49. The molecule has 1 aliphatic heterocycles. The van der Waals surface area contributed by atoms with Crippen molar-refractivity contribution in [3.8, 4) is 0 Å². The summed E-state index contributed by atoms with van der Waals surface area (Å²) in [5, 5.41) is 2.31. The van der Waals surface area contributed by atoms with Crippen LogP contribution in [0.15, 0.2) is 30.3 Å². The Balaban J connectivity index is 1.35. The van der Waals surface area contributed by atoms with E-state index in [9.17, 15) is 0 Å². The Kier molecular flexibility index (Phi) is 4.48. The monoisotopic (exact) mass is 408 g/mol. The van der Waals surface area contributed by atoms with Gasteiger partial charge in [-0.2, -0.15) is 0 Å². The molecule has 0 aliphatic carbocycles. The molecule has 0 atom stereocenters. The molecule has 1 aliphatic rings. The summed E-state index contributed by atoms with van der Waals surface area (Å²) in [5.74, 6) is 0. The fraction of sp³-hybridized carbons (Fsp3) is 0.364. The molecular weight excluding hydrogens is 384 g/mol. The van der Waals surface area contributed by atoms with Crippen molar-refractivity contribution in [3.63, 3.8) is 0 Å². The fourth-order valence-corrected chi connectivity index (χ4v) is 6.03. The number of fused-ring (bicyclic) bond motifs is 2. The number of rotatable bonds is 3. The van der Waals surface area contributed by atoms with Crippen molar-refractivity contribution in [1.82, 2.24) is 9.97 Å². The molecule has 2 aromatic heterocycles. The Bertz CT molecular complexity index is 1110. The molecule has 4 aromatic rings. The molecule has 0 radical (unpaired) electrons. The van der Waals surface area contributed by atoms with Gasteiger partial charge in [-0.15, -0.1) is 0 Å². The highest BCUT2D eigenvalue weighted by molar-refractivity contribution is 7.22. The number of piperazine rings is 1. The molecule has 0 amide bonds. The van der Waals surface area contributed by atoms with Gasteiger partial charge in [-0.1, -0.05) is 47.8 Å². The Morgan fingerprint density at radius 3 is 2.21 bits per heavy atom. The van der Waals surface area contributed by atoms with Gasteiger partial charge in [0.2, 0.25) is 0 Å². The predicted octanol–water partition coefficient (Wildman–Crippen LogP) is 5.41. The molecule has 144 valence electrons. The quantitative estimate of drug-likeness (QED) is 0.454. The SMILES string of the molecule is CCc1ccc2nc(N3CCN(c4nc5c(C)ccc(C)c5s4)CC3)sc2c1. The van der Waals surface area contributed by atoms with Gasteiger partial charge in [0, 0.05) is 26.2 Å². The lowest BCUT2D eigenvalue weighted by Gasteiger charge is -2.34. The zero-order chi connectivity index (χ0) is 19.3. The van der Waals surface area contributed by atoms with Crippen LogP contribution in [0.2, 0.25) is 0 Å². The molecule has 1 saturated heterocycles. The van der Waals surface area contributed by atoms with E-state index in [0.29, 0.717) is 0 Å². The number of aromatic nitrogens is 2. The average Bonchev–Trinajstić information content (AvgIpc) is 3.35. The molecule has 28 heavy (non-hydrogen) atoms. The topological polar surface area (TPSA) is 32.3 Å². The van der Waals surface area contributed by atoms with Crippen LogP contribution in [0.1, 0.15) is 23.6 Å². The maximum Gasteiger partial charge on any atom is 0.186 e. The van der Waals surface area contributed by atoms with Gasteiger partial charge in [-0.05, 0) is 49.1 Å². The molecule has 0 unspecified atom stereocenters. The van der Waals surface area contributed by atoms with Crippen molar-refractivity contribution in [3.05, 3.63) is 47.0 Å². The second kappa shape index (κ2) is 7.01. The third-order valence-corrected chi connectivity index (χ3v) is 7.93. The minimum Gasteiger partial charge on any atom is -0.345 e. The van der Waals surface area contributed by atoms with Crippen LogP contribution in [0, 0.1) is 13.8 Å². The van der Waals surface area contributed by atoms with Crippen LogP contribution in [0.5, 0.6) is 0 Å². The summed E-state index contributed by atoms with van der Waals surface area (Å²) >= 11 is 3.65. The summed E-state index contributed by atoms with van der Waals surface area (Å²) in [7, 11) is 0. The highest BCUT2D eigenvalue weighted by Crippen LogP contribution is 2.35. The Morgan fingerprint density at radius 1 is 0.857 bits per heavy atom. The van der Waals surface area contributed by atoms with Gasteiger partial charge in [0.1, 0.15) is 0 Å². The molecule has 3 heterocycles. The predicted molar refractivity (Wildman–Crippen MR) is 123 cm³/mol. The molecule has 5 rings (SSSR count). The molecule has 6 heteroatoms. The van der Waals surface area contributed by atoms with Crippen molar-refractivity contribution >= 4 is 53.4 Å². The third-order valence-electron chi connectivity index (χ3n) is 5.60. The zero-order valence-electron chi connectivity index (χ0n) is 16.5. The van der Waals surface area contributed by atoms with Crippen LogP contribution in [-0.2, 0) is 6.42 Å². The number of thiazole rings is 2. The standard InChI is InChI=1S/C22H24N4S2/c1-4-16-7-8-17-18(13-16)27-21(23-17)25-9-11-26(12-10-25)22-24-19-14(2)5-6-15(3)20(19)28-22/h5-8,13H,4,9-12H2,1-3H3. The number of hydrogen-bond acceptors (Lipinski definition) is 6. The van der Waals surface area contributed by atoms with Crippen molar-refractivity contribution < 1.29 is 0 Å². The summed E-state index contributed by atoms with van der Waals surface area (Å²) in [5.41, 5.74) is 6.26. The van der Waals surface area contributed by atoms with Gasteiger partial charge in [-0.3, -0.25) is 0 Å². The third kappa shape index (κ3) is 3.05. The van der Waals surface area contributed by atoms with Crippen molar-refractivity contribution in [2.24, 2.45) is 0 Å². The van der Waals surface area contributed by atoms with Gasteiger partial charge in [0.25, 0.3) is 0 Å². The lowest BCUT2D eigenvalue weighted by atomic mass is 10.1. The number of nitrogens with zero attached hydrogens (tertiary/aromatic N) is 4. The number of aryl methyl sites for hydroxylation is 3. The number of benzene rings is 2. The van der Waals surface area contributed by atoms with E-state index in [1.807, 2.05) is 22.7 Å². The minimum absolute atomic E-state index is 0.994. The van der Waals surface area contributed by atoms with E-state index in [4.69, 9.17) is 9.97 Å². The summed E-state index contributed by atoms with van der Waals surface area (Å²) in [6.07, 6.45) is 1.07. The normalized spacial score (nSPS) is 15.1. The lowest BCUT2D eigenvalue weighted by molar-refractivity contribution is 0.651. The van der Waals surface area contributed by atoms with E-state index < -0.39 is 0 Å². The molecule has 0 saturated carbocycles. The van der Waals surface area contributed by atoms with Crippen LogP contribution in [0.3, 0.4) is 0 Å². The molecule has 0 N–H and O–H groups in total. The van der Waals surface area contributed by atoms with Crippen LogP contribution in [0.4, 0.5) is 10.3 Å². The summed E-state index contributed by atoms with van der Waals surface area (Å²) < 4.78 is 2.63. The first-order chi connectivity index (χ1) is 13.6. The summed E-state index contributed by atoms with van der Waals surface area (Å²) in [4.78, 5) is 14.7. The van der Waals surface area contributed by atoms with Gasteiger partial charge < -0.3 is 9.80 Å². The van der Waals surface area contributed by atoms with Crippen LogP contribution in [0.25, 0.3) is 20.4 Å². The Hall–Kier alpha value is -2.18. The Morgan fingerprint density at radius 2 is 1.54 bits per heavy atom. The van der Waals surface area contributed by atoms with E-state index in [1.54, 1.807) is 0 Å². The highest BCUT2D eigenvalue weighted by Gasteiger charge is 2.22. The number of hydrogen-bond donors (Lipinski definition) is 0. The first kappa shape index (κ1) is 17.9. The van der Waals surface area contributed by atoms with E-state index in [1.165, 1.54) is 31.6 Å². The second-order valence-electron chi connectivity index (χ2n) is 7.50. The zero-order valence-corrected chi connectivity index (χ0v) is 18.2. The first-order valence-electron chi connectivity index (χ1n) is 9.88. The van der Waals surface area contributed by atoms with Gasteiger partial charge in [0.05, 0.1) is 20.4 Å². The van der Waals surface area contributed by atoms with E-state index in [-0.39, 0.29) is 0 Å². The smallest absolute Gasteiger partial charge is 0.186 e. The van der Waals surface area contributed by atoms with Gasteiger partial charge in [-0.25, -0.2) is 9.97 Å². The number of anilines is 2. The van der Waals surface area contributed by atoms with E-state index >= 15 is 0 Å². The maximum atomic E-state index is 4.96. The minimum atomic E-state index is 0.994. The van der Waals surface area contributed by atoms with Gasteiger partial charge in [0.15, 0.2) is 10.3 Å². The fourth-order valence-electron chi connectivity index (χ4n) is 3.78. The van der Waals surface area contributed by atoms with Crippen molar-refractivity contribution in [1.29, 1.82) is 0 Å². The highest BCUT2D eigenvalue weighted by atomic mass is 32.1. The molecule has 0 bridgehead atoms. The molecule has 0 spiro atoms. The molecular formula is C22H24N4S2. The average molecular weight is 409 g/mol. The van der Waals surface area contributed by atoms with Crippen LogP contribution < -0.4 is 9.80 Å². The first-order valence-corrected chi connectivity index (χ1v) is 11.5. The van der Waals surface area contributed by atoms with Crippen LogP contribution in [-0.4, -0.2) is 36.1 Å². The van der Waals surface area contributed by atoms with Crippen molar-refractivity contribution in [2.45, 2.75) is 27.2 Å². The summed E-state index contributed by atoms with van der Waals surface area (Å²) in [6, 6.07) is 11.0. The maximum absolute atomic E-state index is 4.96. The van der Waals surface area contributed by atoms with E-state index in [2.05, 4.69) is 60.9 Å². The largest absolute Gasteiger partial charge is 0.345 e. The van der Waals surface area contributed by atoms with Crippen LogP contribution >= 0.6 is 22.7 Å². The Labute approximate surface area is 173 Å². The molecule has 1 fully saturated rings. The molecule has 4 nitrogen and oxygen atoms in total. The summed E-state index contributed by atoms with van der Waals surface area (Å²) in [6.45, 7) is 10.5. The van der Waals surface area contributed by atoms with Gasteiger partial charge >= 0.3 is 0 Å².